The van der Waals surface area contributed by atoms with Gasteiger partial charge in [0, 0.05) is 0 Å². The first-order chi connectivity index (χ1) is 2.83. The minimum atomic E-state index is 1.25. The highest BCUT2D eigenvalue weighted by Gasteiger charge is 1.35. The van der Waals surface area contributed by atoms with E-state index in [1.807, 2.05) is 0 Å². The maximum atomic E-state index is 8.11. The second-order valence-electron chi connectivity index (χ2n) is 0.789. The standard InChI is InChI=1S/C3H8.HNO2/c1-3-2;2-1-3/h3H2,1-2H3;(H,2,3). The molecule has 3 heteroatoms. The van der Waals surface area contributed by atoms with E-state index in [9.17, 15) is 0 Å². The Hall–Kier alpha value is -0.600. The summed E-state index contributed by atoms with van der Waals surface area (Å²) in [5.41, 5.74) is 0. The van der Waals surface area contributed by atoms with Gasteiger partial charge >= 0.3 is 0 Å². The SMILES string of the molecule is CCC.O=NO. The maximum Gasteiger partial charge on any atom is 0.152 e. The van der Waals surface area contributed by atoms with E-state index in [0.29, 0.717) is 0 Å². The number of hydrogen-bond acceptors (Lipinski definition) is 2. The van der Waals surface area contributed by atoms with Crippen LogP contribution in [0.3, 0.4) is 0 Å². The average molecular weight is 91.1 g/mol. The van der Waals surface area contributed by atoms with Crippen LogP contribution in [-0.4, -0.2) is 5.21 Å². The molecule has 0 aliphatic carbocycles. The molecule has 0 radical (unpaired) electrons. The fourth-order valence-electron chi connectivity index (χ4n) is 0. The van der Waals surface area contributed by atoms with E-state index in [2.05, 4.69) is 13.8 Å². The topological polar surface area (TPSA) is 49.7 Å². The summed E-state index contributed by atoms with van der Waals surface area (Å²) in [4.78, 5) is 8.11. The summed E-state index contributed by atoms with van der Waals surface area (Å²) in [6, 6.07) is 0. The van der Waals surface area contributed by atoms with Gasteiger partial charge in [-0.1, -0.05) is 20.3 Å². The van der Waals surface area contributed by atoms with Gasteiger partial charge in [-0.3, -0.25) is 0 Å². The molecule has 0 fully saturated rings. The summed E-state index contributed by atoms with van der Waals surface area (Å²) in [5, 5.41) is 7.89. The molecule has 0 atom stereocenters. The maximum absolute atomic E-state index is 8.11. The van der Waals surface area contributed by atoms with E-state index >= 15 is 0 Å². The minimum absolute atomic E-state index is 1.25. The van der Waals surface area contributed by atoms with E-state index in [1.165, 1.54) is 11.8 Å². The van der Waals surface area contributed by atoms with Gasteiger partial charge in [0.1, 0.15) is 0 Å². The smallest absolute Gasteiger partial charge is 0.152 e. The Morgan fingerprint density at radius 3 is 1.67 bits per heavy atom. The van der Waals surface area contributed by atoms with Gasteiger partial charge in [-0.15, -0.1) is 4.91 Å². The molecular weight excluding hydrogens is 82.0 g/mol. The first-order valence-corrected chi connectivity index (χ1v) is 1.80. The van der Waals surface area contributed by atoms with E-state index < -0.39 is 0 Å². The highest BCUT2D eigenvalue weighted by atomic mass is 16.6. The summed E-state index contributed by atoms with van der Waals surface area (Å²) < 4.78 is 0. The van der Waals surface area contributed by atoms with E-state index in [0.717, 1.165) is 0 Å². The van der Waals surface area contributed by atoms with Gasteiger partial charge < -0.3 is 5.21 Å². The second-order valence-corrected chi connectivity index (χ2v) is 0.789. The molecule has 0 spiro atoms. The quantitative estimate of drug-likeness (QED) is 0.363. The molecule has 0 aromatic carbocycles. The molecular formula is C3H9NO2. The van der Waals surface area contributed by atoms with Crippen LogP contribution in [0.4, 0.5) is 0 Å². The number of rotatable bonds is 0. The molecule has 0 unspecified atom stereocenters. The summed E-state index contributed by atoms with van der Waals surface area (Å²) in [5.74, 6) is 0. The highest BCUT2D eigenvalue weighted by molar-refractivity contribution is 3.92. The fraction of sp³-hybridized carbons (Fsp3) is 1.00. The summed E-state index contributed by atoms with van der Waals surface area (Å²) in [7, 11) is 0. The van der Waals surface area contributed by atoms with E-state index in [1.54, 1.807) is 0 Å². The predicted molar refractivity (Wildman–Crippen MR) is 23.5 cm³/mol. The van der Waals surface area contributed by atoms with Gasteiger partial charge in [-0.2, -0.15) is 0 Å². The van der Waals surface area contributed by atoms with Crippen molar-refractivity contribution in [1.29, 1.82) is 0 Å². The molecule has 1 N–H and O–H groups in total. The molecule has 0 heterocycles. The zero-order chi connectivity index (χ0) is 5.41. The monoisotopic (exact) mass is 91.1 g/mol. The minimum Gasteiger partial charge on any atom is -0.379 e. The van der Waals surface area contributed by atoms with Gasteiger partial charge in [0.25, 0.3) is 0 Å². The summed E-state index contributed by atoms with van der Waals surface area (Å²) >= 11 is 0. The van der Waals surface area contributed by atoms with Crippen LogP contribution in [0.1, 0.15) is 20.3 Å². The lowest BCUT2D eigenvalue weighted by Gasteiger charge is -1.48. The molecule has 0 saturated carbocycles. The Kier molecular flexibility index (Phi) is 39.1. The molecule has 0 rings (SSSR count). The van der Waals surface area contributed by atoms with E-state index in [4.69, 9.17) is 10.1 Å². The van der Waals surface area contributed by atoms with Crippen molar-refractivity contribution in [3.8, 4) is 0 Å². The first kappa shape index (κ1) is 9.04. The van der Waals surface area contributed by atoms with Crippen LogP contribution in [-0.2, 0) is 0 Å². The van der Waals surface area contributed by atoms with Crippen LogP contribution in [0.5, 0.6) is 0 Å². The van der Waals surface area contributed by atoms with Crippen LogP contribution in [0, 0.1) is 4.91 Å². The zero-order valence-corrected chi connectivity index (χ0v) is 4.01. The lowest BCUT2D eigenvalue weighted by Crippen LogP contribution is -1.27. The van der Waals surface area contributed by atoms with Gasteiger partial charge in [0.2, 0.25) is 0 Å². The third kappa shape index (κ3) is 54.4. The molecule has 0 aromatic rings. The Labute approximate surface area is 36.9 Å². The third-order valence-corrected chi connectivity index (χ3v) is 0. The molecule has 38 valence electrons. The molecule has 0 aliphatic heterocycles. The normalized spacial score (nSPS) is 5.00. The lowest BCUT2D eigenvalue weighted by molar-refractivity contribution is 0.312. The van der Waals surface area contributed by atoms with Crippen LogP contribution >= 0.6 is 0 Å². The molecule has 0 saturated heterocycles. The number of nitrogens with zero attached hydrogens (tertiary/aromatic N) is 1. The van der Waals surface area contributed by atoms with Crippen molar-refractivity contribution < 1.29 is 5.21 Å². The van der Waals surface area contributed by atoms with Gasteiger partial charge in [0.05, 0.1) is 0 Å². The van der Waals surface area contributed by atoms with Crippen LogP contribution in [0.25, 0.3) is 0 Å². The third-order valence-electron chi connectivity index (χ3n) is 0. The van der Waals surface area contributed by atoms with Gasteiger partial charge in [-0.25, -0.2) is 0 Å². The molecule has 0 aliphatic rings. The number of hydrogen-bond donors (Lipinski definition) is 1. The van der Waals surface area contributed by atoms with Crippen LogP contribution in [0.2, 0.25) is 0 Å². The van der Waals surface area contributed by atoms with Crippen molar-refractivity contribution in [3.63, 3.8) is 0 Å². The predicted octanol–water partition coefficient (Wildman–Crippen LogP) is 1.56. The van der Waals surface area contributed by atoms with E-state index in [-0.39, 0.29) is 0 Å². The Morgan fingerprint density at radius 2 is 1.67 bits per heavy atom. The molecule has 3 nitrogen and oxygen atoms in total. The van der Waals surface area contributed by atoms with Crippen LogP contribution in [0.15, 0.2) is 5.34 Å². The Morgan fingerprint density at radius 1 is 1.67 bits per heavy atom. The van der Waals surface area contributed by atoms with Crippen molar-refractivity contribution in [1.82, 2.24) is 0 Å². The largest absolute Gasteiger partial charge is 0.379 e. The summed E-state index contributed by atoms with van der Waals surface area (Å²) in [6.45, 7) is 4.25. The highest BCUT2D eigenvalue weighted by Crippen LogP contribution is 1.56. The van der Waals surface area contributed by atoms with Crippen molar-refractivity contribution in [2.24, 2.45) is 5.34 Å². The lowest BCUT2D eigenvalue weighted by atomic mass is 10.6. The Bertz CT molecular complexity index is 22.8. The summed E-state index contributed by atoms with van der Waals surface area (Å²) in [6.07, 6.45) is 1.25. The van der Waals surface area contributed by atoms with Crippen molar-refractivity contribution >= 4 is 0 Å². The van der Waals surface area contributed by atoms with Gasteiger partial charge in [-0.05, 0) is 0 Å². The Balaban J connectivity index is 0. The van der Waals surface area contributed by atoms with Crippen molar-refractivity contribution in [3.05, 3.63) is 4.91 Å². The zero-order valence-electron chi connectivity index (χ0n) is 4.01. The van der Waals surface area contributed by atoms with Crippen molar-refractivity contribution in [2.45, 2.75) is 20.3 Å². The first-order valence-electron chi connectivity index (χ1n) is 1.80. The fourth-order valence-corrected chi connectivity index (χ4v) is 0. The van der Waals surface area contributed by atoms with Crippen molar-refractivity contribution in [2.75, 3.05) is 0 Å². The molecule has 0 aromatic heterocycles. The average Bonchev–Trinajstić information content (AvgIpc) is 1.39. The van der Waals surface area contributed by atoms with Crippen LogP contribution < -0.4 is 0 Å². The second kappa shape index (κ2) is 26.0. The molecule has 6 heavy (non-hydrogen) atoms. The van der Waals surface area contributed by atoms with Gasteiger partial charge in [0.15, 0.2) is 5.34 Å². The molecule has 0 amide bonds. The molecule has 0 bridgehead atoms.